The maximum atomic E-state index is 9.99. The Morgan fingerprint density at radius 2 is 1.81 bits per heavy atom. The van der Waals surface area contributed by atoms with Crippen molar-refractivity contribution >= 4 is 0 Å². The predicted molar refractivity (Wildman–Crippen MR) is 98.0 cm³/mol. The van der Waals surface area contributed by atoms with Gasteiger partial charge in [0.25, 0.3) is 0 Å². The van der Waals surface area contributed by atoms with Crippen LogP contribution in [0.15, 0.2) is 53.3 Å². The molecule has 130 valence electrons. The number of hydrogen-bond acceptors (Lipinski definition) is 5. The Labute approximate surface area is 154 Å². The third kappa shape index (κ3) is 2.48. The van der Waals surface area contributed by atoms with E-state index in [-0.39, 0.29) is 11.6 Å². The minimum Gasteiger partial charge on any atom is -0.399 e. The minimum absolute atomic E-state index is 0.0827. The molecule has 0 aromatic heterocycles. The van der Waals surface area contributed by atoms with Gasteiger partial charge in [0.15, 0.2) is 5.41 Å². The Kier molecular flexibility index (Phi) is 4.56. The monoisotopic (exact) mass is 343 g/mol. The van der Waals surface area contributed by atoms with Crippen molar-refractivity contribution in [1.29, 1.82) is 15.8 Å². The molecule has 1 aliphatic carbocycles. The second-order valence-electron chi connectivity index (χ2n) is 7.13. The molecule has 0 amide bonds. The molecule has 2 aliphatic rings. The summed E-state index contributed by atoms with van der Waals surface area (Å²) in [6.07, 6.45) is 2.04. The van der Waals surface area contributed by atoms with E-state index in [1.165, 1.54) is 0 Å². The van der Waals surface area contributed by atoms with Crippen molar-refractivity contribution in [2.75, 3.05) is 13.1 Å². The SMILES string of the molecule is CC(C)N1CC=C2C(C#N)=C(N)C(C#N)(C#N)[C@H](c3ccccc3)[C@H]2C1. The predicted octanol–water partition coefficient (Wildman–Crippen LogP) is 2.82. The molecule has 0 radical (unpaired) electrons. The Morgan fingerprint density at radius 3 is 2.35 bits per heavy atom. The zero-order valence-electron chi connectivity index (χ0n) is 15.0. The average Bonchev–Trinajstić information content (AvgIpc) is 2.67. The quantitative estimate of drug-likeness (QED) is 0.890. The van der Waals surface area contributed by atoms with E-state index in [1.54, 1.807) is 0 Å². The molecular formula is C21H21N5. The van der Waals surface area contributed by atoms with Crippen LogP contribution in [-0.4, -0.2) is 24.0 Å². The lowest BCUT2D eigenvalue weighted by Gasteiger charge is -2.46. The van der Waals surface area contributed by atoms with Gasteiger partial charge in [-0.05, 0) is 25.0 Å². The fourth-order valence-corrected chi connectivity index (χ4v) is 4.16. The molecule has 2 atom stereocenters. The van der Waals surface area contributed by atoms with Gasteiger partial charge in [-0.1, -0.05) is 36.4 Å². The van der Waals surface area contributed by atoms with Gasteiger partial charge in [0.2, 0.25) is 0 Å². The highest BCUT2D eigenvalue weighted by molar-refractivity contribution is 5.59. The van der Waals surface area contributed by atoms with Crippen LogP contribution in [0.25, 0.3) is 0 Å². The number of rotatable bonds is 2. The lowest BCUT2D eigenvalue weighted by Crippen LogP contribution is -2.49. The van der Waals surface area contributed by atoms with Crippen LogP contribution >= 0.6 is 0 Å². The van der Waals surface area contributed by atoms with E-state index in [0.29, 0.717) is 18.2 Å². The summed E-state index contributed by atoms with van der Waals surface area (Å²) >= 11 is 0. The Bertz CT molecular complexity index is 875. The zero-order valence-corrected chi connectivity index (χ0v) is 15.0. The van der Waals surface area contributed by atoms with Gasteiger partial charge in [0.1, 0.15) is 6.07 Å². The van der Waals surface area contributed by atoms with E-state index >= 15 is 0 Å². The smallest absolute Gasteiger partial charge is 0.191 e. The van der Waals surface area contributed by atoms with Crippen molar-refractivity contribution in [3.05, 3.63) is 58.8 Å². The average molecular weight is 343 g/mol. The molecule has 1 heterocycles. The molecule has 5 nitrogen and oxygen atoms in total. The summed E-state index contributed by atoms with van der Waals surface area (Å²) < 4.78 is 0. The molecule has 3 rings (SSSR count). The first-order valence-corrected chi connectivity index (χ1v) is 8.72. The first-order chi connectivity index (χ1) is 12.5. The molecule has 0 saturated heterocycles. The molecule has 5 heteroatoms. The van der Waals surface area contributed by atoms with E-state index in [1.807, 2.05) is 36.4 Å². The fraction of sp³-hybridized carbons (Fsp3) is 0.381. The number of fused-ring (bicyclic) bond motifs is 1. The molecule has 0 fully saturated rings. The van der Waals surface area contributed by atoms with Gasteiger partial charge >= 0.3 is 0 Å². The molecule has 0 unspecified atom stereocenters. The van der Waals surface area contributed by atoms with Crippen molar-refractivity contribution in [3.63, 3.8) is 0 Å². The molecule has 0 spiro atoms. The van der Waals surface area contributed by atoms with Crippen LogP contribution in [0.4, 0.5) is 0 Å². The summed E-state index contributed by atoms with van der Waals surface area (Å²) in [5.74, 6) is -0.543. The number of allylic oxidation sites excluding steroid dienone is 2. The minimum atomic E-state index is -1.55. The Balaban J connectivity index is 2.29. The number of nitrogens with two attached hydrogens (primary N) is 1. The Morgan fingerprint density at radius 1 is 1.15 bits per heavy atom. The van der Waals surface area contributed by atoms with Gasteiger partial charge in [0, 0.05) is 31.0 Å². The number of nitriles is 3. The van der Waals surface area contributed by atoms with Gasteiger partial charge in [-0.15, -0.1) is 0 Å². The normalized spacial score (nSPS) is 24.8. The first-order valence-electron chi connectivity index (χ1n) is 8.72. The summed E-state index contributed by atoms with van der Waals surface area (Å²) in [5, 5.41) is 29.7. The van der Waals surface area contributed by atoms with E-state index in [0.717, 1.165) is 17.7 Å². The van der Waals surface area contributed by atoms with E-state index in [4.69, 9.17) is 5.73 Å². The third-order valence-corrected chi connectivity index (χ3v) is 5.58. The van der Waals surface area contributed by atoms with E-state index in [2.05, 4.69) is 37.0 Å². The first kappa shape index (κ1) is 17.7. The van der Waals surface area contributed by atoms with Crippen LogP contribution in [0.5, 0.6) is 0 Å². The molecule has 0 bridgehead atoms. The highest BCUT2D eigenvalue weighted by Gasteiger charge is 2.54. The maximum Gasteiger partial charge on any atom is 0.191 e. The van der Waals surface area contributed by atoms with Crippen molar-refractivity contribution in [1.82, 2.24) is 4.90 Å². The van der Waals surface area contributed by atoms with Crippen LogP contribution in [0.2, 0.25) is 0 Å². The van der Waals surface area contributed by atoms with Crippen molar-refractivity contribution in [3.8, 4) is 18.2 Å². The summed E-state index contributed by atoms with van der Waals surface area (Å²) in [6, 6.07) is 16.4. The zero-order chi connectivity index (χ0) is 18.9. The van der Waals surface area contributed by atoms with Gasteiger partial charge < -0.3 is 5.73 Å². The van der Waals surface area contributed by atoms with Gasteiger partial charge in [-0.2, -0.15) is 15.8 Å². The van der Waals surface area contributed by atoms with Crippen LogP contribution in [0.3, 0.4) is 0 Å². The van der Waals surface area contributed by atoms with Crippen LogP contribution in [-0.2, 0) is 0 Å². The summed E-state index contributed by atoms with van der Waals surface area (Å²) in [5.41, 5.74) is 6.88. The fourth-order valence-electron chi connectivity index (χ4n) is 4.16. The van der Waals surface area contributed by atoms with E-state index < -0.39 is 11.3 Å². The molecule has 1 aromatic rings. The van der Waals surface area contributed by atoms with Crippen molar-refractivity contribution in [2.45, 2.75) is 25.8 Å². The summed E-state index contributed by atoms with van der Waals surface area (Å²) in [7, 11) is 0. The largest absolute Gasteiger partial charge is 0.399 e. The van der Waals surface area contributed by atoms with Crippen LogP contribution in [0.1, 0.15) is 25.3 Å². The van der Waals surface area contributed by atoms with Crippen molar-refractivity contribution < 1.29 is 0 Å². The molecule has 1 aliphatic heterocycles. The Hall–Kier alpha value is -3.07. The second-order valence-corrected chi connectivity index (χ2v) is 7.13. The van der Waals surface area contributed by atoms with Gasteiger partial charge in [-0.3, -0.25) is 4.90 Å². The molecule has 1 aromatic carbocycles. The highest BCUT2D eigenvalue weighted by atomic mass is 15.2. The standard InChI is InChI=1S/C21H21N5/c1-14(2)26-9-8-16-17(10-22)20(25)21(12-23,13-24)19(18(16)11-26)15-6-4-3-5-7-15/h3-8,14,18-19H,9,11,25H2,1-2H3/t18-,19+/m0/s1. The lowest BCUT2D eigenvalue weighted by molar-refractivity contribution is 0.174. The van der Waals surface area contributed by atoms with Crippen molar-refractivity contribution in [2.24, 2.45) is 17.1 Å². The topological polar surface area (TPSA) is 101 Å². The molecule has 0 saturated carbocycles. The lowest BCUT2D eigenvalue weighted by atomic mass is 9.58. The highest BCUT2D eigenvalue weighted by Crippen LogP contribution is 2.54. The summed E-state index contributed by atoms with van der Waals surface area (Å²) in [4.78, 5) is 2.29. The maximum absolute atomic E-state index is 9.99. The van der Waals surface area contributed by atoms with E-state index in [9.17, 15) is 15.8 Å². The number of benzene rings is 1. The van der Waals surface area contributed by atoms with Gasteiger partial charge in [0.05, 0.1) is 23.4 Å². The molecule has 26 heavy (non-hydrogen) atoms. The number of nitrogens with zero attached hydrogens (tertiary/aromatic N) is 4. The van der Waals surface area contributed by atoms with Gasteiger partial charge in [-0.25, -0.2) is 0 Å². The number of hydrogen-bond donors (Lipinski definition) is 1. The third-order valence-electron chi connectivity index (χ3n) is 5.58. The molecular weight excluding hydrogens is 322 g/mol. The molecule has 2 N–H and O–H groups in total. The van der Waals surface area contributed by atoms with Crippen LogP contribution in [0, 0.1) is 45.3 Å². The van der Waals surface area contributed by atoms with Crippen LogP contribution < -0.4 is 5.73 Å². The second kappa shape index (κ2) is 6.68. The summed E-state index contributed by atoms with van der Waals surface area (Å²) in [6.45, 7) is 5.66.